The second-order valence-electron chi connectivity index (χ2n) is 4.99. The minimum absolute atomic E-state index is 0.170. The van der Waals surface area contributed by atoms with Gasteiger partial charge in [0.25, 0.3) is 0 Å². The van der Waals surface area contributed by atoms with Gasteiger partial charge in [0, 0.05) is 26.2 Å². The van der Waals surface area contributed by atoms with Gasteiger partial charge in [-0.2, -0.15) is 0 Å². The number of rotatable bonds is 3. The lowest BCUT2D eigenvalue weighted by Crippen LogP contribution is -2.46. The van der Waals surface area contributed by atoms with Crippen LogP contribution in [0.3, 0.4) is 0 Å². The smallest absolute Gasteiger partial charge is 0.234 e. The summed E-state index contributed by atoms with van der Waals surface area (Å²) in [6.45, 7) is 3.78. The van der Waals surface area contributed by atoms with Gasteiger partial charge >= 0.3 is 0 Å². The van der Waals surface area contributed by atoms with E-state index in [9.17, 15) is 4.79 Å². The first kappa shape index (κ1) is 17.8. The van der Waals surface area contributed by atoms with Crippen LogP contribution in [-0.2, 0) is 4.79 Å². The molecule has 2 rings (SSSR count). The van der Waals surface area contributed by atoms with Gasteiger partial charge in [0.1, 0.15) is 4.32 Å². The fourth-order valence-corrected chi connectivity index (χ4v) is 3.54. The summed E-state index contributed by atoms with van der Waals surface area (Å²) >= 11 is 18.8. The van der Waals surface area contributed by atoms with Crippen molar-refractivity contribution in [1.29, 1.82) is 0 Å². The molecular formula is C14H17Cl2N3OS2. The number of carbonyl (C=O) groups excluding carboxylic acids is 1. The first-order valence-corrected chi connectivity index (χ1v) is 8.96. The number of piperazine rings is 1. The molecule has 1 fully saturated rings. The average Bonchev–Trinajstić information content (AvgIpc) is 2.49. The average molecular weight is 378 g/mol. The lowest BCUT2D eigenvalue weighted by Gasteiger charge is -2.33. The Hall–Kier alpha value is -0.530. The quantitative estimate of drug-likeness (QED) is 0.818. The summed E-state index contributed by atoms with van der Waals surface area (Å²) in [5.41, 5.74) is 0.446. The maximum Gasteiger partial charge on any atom is 0.234 e. The van der Waals surface area contributed by atoms with Crippen molar-refractivity contribution in [2.75, 3.05) is 44.3 Å². The second-order valence-corrected chi connectivity index (χ2v) is 7.41. The van der Waals surface area contributed by atoms with Crippen molar-refractivity contribution in [2.45, 2.75) is 0 Å². The number of hydrogen-bond donors (Lipinski definition) is 1. The number of hydrogen-bond acceptors (Lipinski definition) is 4. The summed E-state index contributed by atoms with van der Waals surface area (Å²) in [5, 5.41) is 3.58. The first-order chi connectivity index (χ1) is 10.5. The van der Waals surface area contributed by atoms with E-state index in [2.05, 4.69) is 22.2 Å². The van der Waals surface area contributed by atoms with E-state index < -0.39 is 0 Å². The van der Waals surface area contributed by atoms with E-state index in [0.29, 0.717) is 15.7 Å². The summed E-state index contributed by atoms with van der Waals surface area (Å²) in [5.74, 6) is 0.0729. The first-order valence-electron chi connectivity index (χ1n) is 6.81. The highest BCUT2D eigenvalue weighted by Crippen LogP contribution is 2.29. The maximum atomic E-state index is 12.0. The molecule has 22 heavy (non-hydrogen) atoms. The molecule has 1 N–H and O–H groups in total. The zero-order chi connectivity index (χ0) is 16.1. The van der Waals surface area contributed by atoms with Crippen molar-refractivity contribution in [3.05, 3.63) is 28.2 Å². The third-order valence-electron chi connectivity index (χ3n) is 3.32. The zero-order valence-electron chi connectivity index (χ0n) is 12.1. The molecule has 1 amide bonds. The molecule has 120 valence electrons. The van der Waals surface area contributed by atoms with Crippen LogP contribution in [0.5, 0.6) is 0 Å². The Morgan fingerprint density at radius 2 is 1.86 bits per heavy atom. The van der Waals surface area contributed by atoms with Crippen LogP contribution in [0.1, 0.15) is 0 Å². The summed E-state index contributed by atoms with van der Waals surface area (Å²) in [4.78, 5) is 16.4. The van der Waals surface area contributed by atoms with Crippen LogP contribution in [0.4, 0.5) is 5.69 Å². The van der Waals surface area contributed by atoms with Gasteiger partial charge < -0.3 is 15.1 Å². The SMILES string of the molecule is CN1CCN(C(=S)SCC(=O)Nc2c(Cl)cccc2Cl)CC1. The standard InChI is InChI=1S/C14H17Cl2N3OS2/c1-18-5-7-19(8-6-18)14(21)22-9-12(20)17-13-10(15)3-2-4-11(13)16/h2-4H,5-9H2,1H3,(H,17,20). The van der Waals surface area contributed by atoms with Gasteiger partial charge in [-0.15, -0.1) is 0 Å². The van der Waals surface area contributed by atoms with Crippen molar-refractivity contribution in [3.8, 4) is 0 Å². The van der Waals surface area contributed by atoms with Gasteiger partial charge in [-0.3, -0.25) is 4.79 Å². The molecule has 0 aromatic heterocycles. The number of halogens is 2. The van der Waals surface area contributed by atoms with Crippen LogP contribution in [0.2, 0.25) is 10.0 Å². The Morgan fingerprint density at radius 3 is 2.45 bits per heavy atom. The van der Waals surface area contributed by atoms with Crippen molar-refractivity contribution in [2.24, 2.45) is 0 Å². The summed E-state index contributed by atoms with van der Waals surface area (Å²) in [6, 6.07) is 5.10. The second kappa shape index (κ2) is 8.36. The van der Waals surface area contributed by atoms with Crippen LogP contribution < -0.4 is 5.32 Å². The lowest BCUT2D eigenvalue weighted by atomic mass is 10.3. The third kappa shape index (κ3) is 4.99. The Bertz CT molecular complexity index is 543. The zero-order valence-corrected chi connectivity index (χ0v) is 15.3. The molecule has 8 heteroatoms. The molecule has 0 saturated carbocycles. The predicted octanol–water partition coefficient (Wildman–Crippen LogP) is 3.20. The van der Waals surface area contributed by atoms with Gasteiger partial charge in [-0.05, 0) is 19.2 Å². The number of nitrogens with one attached hydrogen (secondary N) is 1. The molecule has 4 nitrogen and oxygen atoms in total. The lowest BCUT2D eigenvalue weighted by molar-refractivity contribution is -0.113. The summed E-state index contributed by atoms with van der Waals surface area (Å²) in [7, 11) is 2.09. The van der Waals surface area contributed by atoms with Gasteiger partial charge in [0.2, 0.25) is 5.91 Å². The van der Waals surface area contributed by atoms with E-state index in [1.165, 1.54) is 11.8 Å². The highest BCUT2D eigenvalue weighted by Gasteiger charge is 2.18. The number of nitrogens with zero attached hydrogens (tertiary/aromatic N) is 2. The highest BCUT2D eigenvalue weighted by atomic mass is 35.5. The largest absolute Gasteiger partial charge is 0.355 e. The third-order valence-corrected chi connectivity index (χ3v) is 5.47. The van der Waals surface area contributed by atoms with E-state index in [-0.39, 0.29) is 11.7 Å². The molecule has 1 aromatic rings. The molecule has 1 aromatic carbocycles. The molecule has 0 radical (unpaired) electrons. The Morgan fingerprint density at radius 1 is 1.27 bits per heavy atom. The van der Waals surface area contributed by atoms with Crippen LogP contribution in [-0.4, -0.2) is 59.0 Å². The monoisotopic (exact) mass is 377 g/mol. The fourth-order valence-electron chi connectivity index (χ4n) is 2.00. The van der Waals surface area contributed by atoms with Crippen LogP contribution in [0, 0.1) is 0 Å². The predicted molar refractivity (Wildman–Crippen MR) is 99.2 cm³/mol. The molecule has 1 aliphatic heterocycles. The number of benzene rings is 1. The number of anilines is 1. The number of para-hydroxylation sites is 1. The van der Waals surface area contributed by atoms with Gasteiger partial charge in [0.15, 0.2) is 0 Å². The Kier molecular flexibility index (Phi) is 6.77. The molecule has 0 aliphatic carbocycles. The number of amides is 1. The fraction of sp³-hybridized carbons (Fsp3) is 0.429. The molecule has 0 unspecified atom stereocenters. The van der Waals surface area contributed by atoms with Crippen molar-refractivity contribution >= 4 is 63.1 Å². The normalized spacial score (nSPS) is 15.7. The molecule has 1 aliphatic rings. The van der Waals surface area contributed by atoms with E-state index in [1.807, 2.05) is 0 Å². The molecule has 0 atom stereocenters. The van der Waals surface area contributed by atoms with Crippen LogP contribution >= 0.6 is 47.2 Å². The topological polar surface area (TPSA) is 35.6 Å². The number of thioether (sulfide) groups is 1. The van der Waals surface area contributed by atoms with Crippen molar-refractivity contribution in [3.63, 3.8) is 0 Å². The Balaban J connectivity index is 1.81. The number of thiocarbonyl (C=S) groups is 1. The van der Waals surface area contributed by atoms with Crippen LogP contribution in [0.25, 0.3) is 0 Å². The molecule has 0 bridgehead atoms. The molecule has 1 heterocycles. The number of likely N-dealkylation sites (N-methyl/N-ethyl adjacent to an activating group) is 1. The van der Waals surface area contributed by atoms with E-state index in [0.717, 1.165) is 30.5 Å². The van der Waals surface area contributed by atoms with Crippen molar-refractivity contribution < 1.29 is 4.79 Å². The summed E-state index contributed by atoms with van der Waals surface area (Å²) < 4.78 is 0.758. The molecule has 1 saturated heterocycles. The van der Waals surface area contributed by atoms with Crippen LogP contribution in [0.15, 0.2) is 18.2 Å². The summed E-state index contributed by atoms with van der Waals surface area (Å²) in [6.07, 6.45) is 0. The van der Waals surface area contributed by atoms with Crippen molar-refractivity contribution in [1.82, 2.24) is 9.80 Å². The minimum Gasteiger partial charge on any atom is -0.355 e. The van der Waals surface area contributed by atoms with Gasteiger partial charge in [0.05, 0.1) is 21.5 Å². The highest BCUT2D eigenvalue weighted by molar-refractivity contribution is 8.23. The molecule has 0 spiro atoms. The maximum absolute atomic E-state index is 12.0. The van der Waals surface area contributed by atoms with E-state index in [1.54, 1.807) is 18.2 Å². The minimum atomic E-state index is -0.170. The van der Waals surface area contributed by atoms with E-state index >= 15 is 0 Å². The van der Waals surface area contributed by atoms with Gasteiger partial charge in [-0.25, -0.2) is 0 Å². The van der Waals surface area contributed by atoms with Gasteiger partial charge in [-0.1, -0.05) is 53.2 Å². The number of carbonyl (C=O) groups is 1. The van der Waals surface area contributed by atoms with E-state index in [4.69, 9.17) is 35.4 Å². The Labute approximate surface area is 150 Å². The molecular weight excluding hydrogens is 361 g/mol.